The number of aromatic nitrogens is 1. The molecule has 2 N–H and O–H groups in total. The first-order chi connectivity index (χ1) is 9.33. The monoisotopic (exact) mass is 327 g/mol. The summed E-state index contributed by atoms with van der Waals surface area (Å²) >= 11 is 0. The van der Waals surface area contributed by atoms with Crippen LogP contribution < -0.4 is 10.6 Å². The standard InChI is InChI=1S/C15H17N3O.2ClH/c19-15(12-7-9-16-10-8-12)18-14-6-5-11-3-1-2-4-13(11)17-14;;/h1-6,12,16H,7-10H2,(H,17,18,19);2*1H. The van der Waals surface area contributed by atoms with Crippen molar-refractivity contribution >= 4 is 47.4 Å². The van der Waals surface area contributed by atoms with Gasteiger partial charge in [-0.1, -0.05) is 18.2 Å². The van der Waals surface area contributed by atoms with Crippen LogP contribution in [0.2, 0.25) is 0 Å². The zero-order chi connectivity index (χ0) is 13.1. The summed E-state index contributed by atoms with van der Waals surface area (Å²) < 4.78 is 0. The Balaban J connectivity index is 0.00000110. The third-order valence-electron chi connectivity index (χ3n) is 3.56. The fraction of sp³-hybridized carbons (Fsp3) is 0.333. The lowest BCUT2D eigenvalue weighted by Gasteiger charge is -2.21. The lowest BCUT2D eigenvalue weighted by atomic mass is 9.97. The van der Waals surface area contributed by atoms with Crippen LogP contribution in [0, 0.1) is 5.92 Å². The third-order valence-corrected chi connectivity index (χ3v) is 3.56. The van der Waals surface area contributed by atoms with Gasteiger partial charge in [0.2, 0.25) is 5.91 Å². The van der Waals surface area contributed by atoms with E-state index >= 15 is 0 Å². The Morgan fingerprint density at radius 3 is 2.57 bits per heavy atom. The second-order valence-corrected chi connectivity index (χ2v) is 4.90. The number of hydrogen-bond acceptors (Lipinski definition) is 3. The first-order valence-corrected chi connectivity index (χ1v) is 6.70. The second-order valence-electron chi connectivity index (χ2n) is 4.90. The molecule has 3 rings (SSSR count). The van der Waals surface area contributed by atoms with E-state index < -0.39 is 0 Å². The van der Waals surface area contributed by atoms with E-state index in [1.807, 2.05) is 36.4 Å². The Morgan fingerprint density at radius 1 is 1.10 bits per heavy atom. The highest BCUT2D eigenvalue weighted by molar-refractivity contribution is 5.93. The number of nitrogens with zero attached hydrogens (tertiary/aromatic N) is 1. The molecule has 114 valence electrons. The maximum absolute atomic E-state index is 12.1. The van der Waals surface area contributed by atoms with Gasteiger partial charge in [0.25, 0.3) is 0 Å². The van der Waals surface area contributed by atoms with E-state index in [0.29, 0.717) is 5.82 Å². The smallest absolute Gasteiger partial charge is 0.228 e. The fourth-order valence-corrected chi connectivity index (χ4v) is 2.45. The van der Waals surface area contributed by atoms with Crippen molar-refractivity contribution in [3.63, 3.8) is 0 Å². The summed E-state index contributed by atoms with van der Waals surface area (Å²) in [5.41, 5.74) is 0.908. The number of fused-ring (bicyclic) bond motifs is 1. The van der Waals surface area contributed by atoms with Gasteiger partial charge in [-0.05, 0) is 44.1 Å². The number of rotatable bonds is 2. The number of benzene rings is 1. The maximum Gasteiger partial charge on any atom is 0.228 e. The molecule has 2 aromatic rings. The topological polar surface area (TPSA) is 54.0 Å². The Hall–Kier alpha value is -1.36. The molecule has 1 aromatic heterocycles. The molecule has 1 aliphatic rings. The van der Waals surface area contributed by atoms with E-state index in [2.05, 4.69) is 15.6 Å². The van der Waals surface area contributed by atoms with Crippen LogP contribution in [0.15, 0.2) is 36.4 Å². The number of pyridine rings is 1. The molecule has 0 radical (unpaired) electrons. The van der Waals surface area contributed by atoms with Gasteiger partial charge in [0.05, 0.1) is 5.52 Å². The molecule has 1 aliphatic heterocycles. The summed E-state index contributed by atoms with van der Waals surface area (Å²) in [6.45, 7) is 1.84. The van der Waals surface area contributed by atoms with Crippen molar-refractivity contribution in [3.05, 3.63) is 36.4 Å². The number of halogens is 2. The van der Waals surface area contributed by atoms with E-state index in [4.69, 9.17) is 0 Å². The third kappa shape index (κ3) is 4.30. The molecule has 21 heavy (non-hydrogen) atoms. The number of carbonyl (C=O) groups is 1. The molecule has 0 atom stereocenters. The summed E-state index contributed by atoms with van der Waals surface area (Å²) in [6, 6.07) is 11.8. The highest BCUT2D eigenvalue weighted by Crippen LogP contribution is 2.17. The van der Waals surface area contributed by atoms with E-state index in [0.717, 1.165) is 36.8 Å². The highest BCUT2D eigenvalue weighted by atomic mass is 35.5. The van der Waals surface area contributed by atoms with E-state index in [-0.39, 0.29) is 36.6 Å². The highest BCUT2D eigenvalue weighted by Gasteiger charge is 2.21. The first-order valence-electron chi connectivity index (χ1n) is 6.70. The van der Waals surface area contributed by atoms with Crippen LogP contribution >= 0.6 is 24.8 Å². The van der Waals surface area contributed by atoms with Gasteiger partial charge < -0.3 is 10.6 Å². The lowest BCUT2D eigenvalue weighted by molar-refractivity contribution is -0.120. The molecule has 1 amide bonds. The molecule has 1 saturated heterocycles. The van der Waals surface area contributed by atoms with Gasteiger partial charge >= 0.3 is 0 Å². The van der Waals surface area contributed by atoms with Crippen molar-refractivity contribution in [2.75, 3.05) is 18.4 Å². The van der Waals surface area contributed by atoms with Gasteiger partial charge in [-0.25, -0.2) is 4.98 Å². The molecular formula is C15H19Cl2N3O. The molecule has 6 heteroatoms. The largest absolute Gasteiger partial charge is 0.317 e. The molecule has 1 aromatic carbocycles. The number of amides is 1. The lowest BCUT2D eigenvalue weighted by Crippen LogP contribution is -2.34. The predicted octanol–water partition coefficient (Wildman–Crippen LogP) is 3.02. The van der Waals surface area contributed by atoms with Crippen LogP contribution in [0.25, 0.3) is 10.9 Å². The Kier molecular flexibility index (Phi) is 6.89. The number of anilines is 1. The van der Waals surface area contributed by atoms with E-state index in [1.165, 1.54) is 0 Å². The number of para-hydroxylation sites is 1. The van der Waals surface area contributed by atoms with Crippen LogP contribution in [0.5, 0.6) is 0 Å². The van der Waals surface area contributed by atoms with Crippen LogP contribution in [0.3, 0.4) is 0 Å². The number of carbonyl (C=O) groups excluding carboxylic acids is 1. The van der Waals surface area contributed by atoms with Crippen molar-refractivity contribution in [2.45, 2.75) is 12.8 Å². The predicted molar refractivity (Wildman–Crippen MR) is 90.5 cm³/mol. The summed E-state index contributed by atoms with van der Waals surface area (Å²) in [5.74, 6) is 0.834. The molecule has 4 nitrogen and oxygen atoms in total. The molecule has 0 unspecified atom stereocenters. The van der Waals surface area contributed by atoms with E-state index in [9.17, 15) is 4.79 Å². The molecule has 0 aliphatic carbocycles. The zero-order valence-corrected chi connectivity index (χ0v) is 13.2. The Bertz CT molecular complexity index is 600. The minimum Gasteiger partial charge on any atom is -0.317 e. The molecule has 0 saturated carbocycles. The summed E-state index contributed by atoms with van der Waals surface area (Å²) in [4.78, 5) is 16.6. The normalized spacial score (nSPS) is 14.9. The van der Waals surface area contributed by atoms with Crippen molar-refractivity contribution < 1.29 is 4.79 Å². The fourth-order valence-electron chi connectivity index (χ4n) is 2.45. The van der Waals surface area contributed by atoms with Crippen LogP contribution in [-0.4, -0.2) is 24.0 Å². The van der Waals surface area contributed by atoms with Gasteiger partial charge in [0, 0.05) is 11.3 Å². The van der Waals surface area contributed by atoms with Gasteiger partial charge in [-0.2, -0.15) is 0 Å². The van der Waals surface area contributed by atoms with Gasteiger partial charge in [-0.15, -0.1) is 24.8 Å². The van der Waals surface area contributed by atoms with Crippen molar-refractivity contribution in [1.82, 2.24) is 10.3 Å². The van der Waals surface area contributed by atoms with Crippen molar-refractivity contribution in [3.8, 4) is 0 Å². The molecule has 0 bridgehead atoms. The summed E-state index contributed by atoms with van der Waals surface area (Å²) in [7, 11) is 0. The van der Waals surface area contributed by atoms with E-state index in [1.54, 1.807) is 0 Å². The zero-order valence-electron chi connectivity index (χ0n) is 11.5. The first kappa shape index (κ1) is 17.7. The summed E-state index contributed by atoms with van der Waals surface area (Å²) in [5, 5.41) is 7.27. The Labute approximate surface area is 136 Å². The maximum atomic E-state index is 12.1. The minimum absolute atomic E-state index is 0. The number of hydrogen-bond donors (Lipinski definition) is 2. The Morgan fingerprint density at radius 2 is 1.81 bits per heavy atom. The summed E-state index contributed by atoms with van der Waals surface area (Å²) in [6.07, 6.45) is 1.80. The van der Waals surface area contributed by atoms with Crippen LogP contribution in [0.1, 0.15) is 12.8 Å². The van der Waals surface area contributed by atoms with Crippen molar-refractivity contribution in [2.24, 2.45) is 5.92 Å². The number of piperidine rings is 1. The molecular weight excluding hydrogens is 309 g/mol. The quantitative estimate of drug-likeness (QED) is 0.891. The average Bonchev–Trinajstić information content (AvgIpc) is 2.48. The minimum atomic E-state index is 0. The SMILES string of the molecule is Cl.Cl.O=C(Nc1ccc2ccccc2n1)C1CCNCC1. The number of nitrogens with one attached hydrogen (secondary N) is 2. The average molecular weight is 328 g/mol. The van der Waals surface area contributed by atoms with Gasteiger partial charge in [0.15, 0.2) is 0 Å². The van der Waals surface area contributed by atoms with Gasteiger partial charge in [0.1, 0.15) is 5.82 Å². The van der Waals surface area contributed by atoms with Crippen LogP contribution in [0.4, 0.5) is 5.82 Å². The molecule has 0 spiro atoms. The second kappa shape index (κ2) is 8.17. The van der Waals surface area contributed by atoms with Gasteiger partial charge in [-0.3, -0.25) is 4.79 Å². The molecule has 2 heterocycles. The molecule has 1 fully saturated rings. The van der Waals surface area contributed by atoms with Crippen LogP contribution in [-0.2, 0) is 4.79 Å². The van der Waals surface area contributed by atoms with Crippen molar-refractivity contribution in [1.29, 1.82) is 0 Å².